The largest absolute Gasteiger partial charge is 0.493 e. The Kier molecular flexibility index (Phi) is 3.45. The van der Waals surface area contributed by atoms with Crippen molar-refractivity contribution in [2.24, 2.45) is 0 Å². The fraction of sp³-hybridized carbons (Fsp3) is 0.353. The van der Waals surface area contributed by atoms with Crippen LogP contribution in [0.3, 0.4) is 0 Å². The average Bonchev–Trinajstić information content (AvgIpc) is 2.89. The zero-order valence-electron chi connectivity index (χ0n) is 12.2. The van der Waals surface area contributed by atoms with Gasteiger partial charge in [0.15, 0.2) is 0 Å². The van der Waals surface area contributed by atoms with E-state index in [-0.39, 0.29) is 6.04 Å². The summed E-state index contributed by atoms with van der Waals surface area (Å²) in [4.78, 5) is 4.58. The standard InChI is InChI=1S/C17H20N2O/c1-11-4-6-15(12(2)19-11)17(18-3)14-5-7-16-13(10-14)8-9-20-16/h4-7,10,17-18H,8-9H2,1-3H3. The van der Waals surface area contributed by atoms with Gasteiger partial charge in [-0.3, -0.25) is 4.98 Å². The van der Waals surface area contributed by atoms with Crippen LogP contribution in [-0.2, 0) is 6.42 Å². The minimum absolute atomic E-state index is 0.175. The van der Waals surface area contributed by atoms with Gasteiger partial charge in [0.05, 0.1) is 12.6 Å². The summed E-state index contributed by atoms with van der Waals surface area (Å²) in [5.41, 5.74) is 5.95. The van der Waals surface area contributed by atoms with Crippen LogP contribution in [0.5, 0.6) is 5.75 Å². The van der Waals surface area contributed by atoms with E-state index < -0.39 is 0 Å². The molecule has 1 N–H and O–H groups in total. The van der Waals surface area contributed by atoms with Gasteiger partial charge in [-0.15, -0.1) is 0 Å². The van der Waals surface area contributed by atoms with E-state index in [2.05, 4.69) is 47.6 Å². The van der Waals surface area contributed by atoms with E-state index in [4.69, 9.17) is 4.74 Å². The van der Waals surface area contributed by atoms with Crippen LogP contribution in [0.2, 0.25) is 0 Å². The first-order valence-corrected chi connectivity index (χ1v) is 7.06. The lowest BCUT2D eigenvalue weighted by atomic mass is 9.95. The zero-order chi connectivity index (χ0) is 14.1. The number of ether oxygens (including phenoxy) is 1. The fourth-order valence-electron chi connectivity index (χ4n) is 2.89. The molecule has 3 rings (SSSR count). The van der Waals surface area contributed by atoms with Crippen LogP contribution in [0.4, 0.5) is 0 Å². The zero-order valence-corrected chi connectivity index (χ0v) is 12.2. The number of fused-ring (bicyclic) bond motifs is 1. The van der Waals surface area contributed by atoms with Crippen molar-refractivity contribution in [2.75, 3.05) is 13.7 Å². The average molecular weight is 268 g/mol. The smallest absolute Gasteiger partial charge is 0.122 e. The maximum Gasteiger partial charge on any atom is 0.122 e. The van der Waals surface area contributed by atoms with Crippen LogP contribution < -0.4 is 10.1 Å². The van der Waals surface area contributed by atoms with E-state index in [1.807, 2.05) is 14.0 Å². The lowest BCUT2D eigenvalue weighted by Crippen LogP contribution is -2.19. The molecule has 2 aromatic rings. The molecule has 2 heterocycles. The molecule has 1 unspecified atom stereocenters. The van der Waals surface area contributed by atoms with Crippen molar-refractivity contribution < 1.29 is 4.74 Å². The summed E-state index contributed by atoms with van der Waals surface area (Å²) >= 11 is 0. The van der Waals surface area contributed by atoms with Crippen molar-refractivity contribution in [3.63, 3.8) is 0 Å². The highest BCUT2D eigenvalue weighted by Crippen LogP contribution is 2.31. The Bertz CT molecular complexity index is 637. The van der Waals surface area contributed by atoms with E-state index in [0.29, 0.717) is 0 Å². The molecule has 0 radical (unpaired) electrons. The summed E-state index contributed by atoms with van der Waals surface area (Å²) in [5.74, 6) is 1.03. The molecule has 1 atom stereocenters. The molecule has 0 spiro atoms. The Morgan fingerprint density at radius 3 is 2.80 bits per heavy atom. The molecular weight excluding hydrogens is 248 g/mol. The maximum atomic E-state index is 5.58. The highest BCUT2D eigenvalue weighted by Gasteiger charge is 2.18. The molecule has 0 saturated carbocycles. The number of nitrogens with one attached hydrogen (secondary N) is 1. The van der Waals surface area contributed by atoms with Crippen LogP contribution in [0.15, 0.2) is 30.3 Å². The third kappa shape index (κ3) is 2.29. The van der Waals surface area contributed by atoms with Crippen LogP contribution >= 0.6 is 0 Å². The number of pyridine rings is 1. The van der Waals surface area contributed by atoms with Gasteiger partial charge in [0.25, 0.3) is 0 Å². The number of hydrogen-bond acceptors (Lipinski definition) is 3. The Morgan fingerprint density at radius 2 is 2.05 bits per heavy atom. The Hall–Kier alpha value is -1.87. The number of aromatic nitrogens is 1. The first-order chi connectivity index (χ1) is 9.69. The summed E-state index contributed by atoms with van der Waals surface area (Å²) in [6.07, 6.45) is 1.00. The number of benzene rings is 1. The van der Waals surface area contributed by atoms with E-state index in [1.54, 1.807) is 0 Å². The van der Waals surface area contributed by atoms with Crippen LogP contribution in [0.25, 0.3) is 0 Å². The van der Waals surface area contributed by atoms with Crippen LogP contribution in [-0.4, -0.2) is 18.6 Å². The maximum absolute atomic E-state index is 5.58. The van der Waals surface area contributed by atoms with Gasteiger partial charge in [-0.25, -0.2) is 0 Å². The van der Waals surface area contributed by atoms with Crippen LogP contribution in [0.1, 0.15) is 34.1 Å². The van der Waals surface area contributed by atoms with Crippen molar-refractivity contribution in [3.8, 4) is 5.75 Å². The van der Waals surface area contributed by atoms with Crippen LogP contribution in [0, 0.1) is 13.8 Å². The number of nitrogens with zero attached hydrogens (tertiary/aromatic N) is 1. The first kappa shape index (κ1) is 13.1. The SMILES string of the molecule is CNC(c1ccc2c(c1)CCO2)c1ccc(C)nc1C. The van der Waals surface area contributed by atoms with Crippen molar-refractivity contribution in [2.45, 2.75) is 26.3 Å². The molecule has 1 aromatic carbocycles. The summed E-state index contributed by atoms with van der Waals surface area (Å²) < 4.78 is 5.58. The quantitative estimate of drug-likeness (QED) is 0.929. The van der Waals surface area contributed by atoms with Crippen molar-refractivity contribution in [1.82, 2.24) is 10.3 Å². The molecular formula is C17H20N2O. The molecule has 1 aliphatic rings. The van der Waals surface area contributed by atoms with E-state index in [0.717, 1.165) is 30.2 Å². The third-order valence-electron chi connectivity index (χ3n) is 3.91. The fourth-order valence-corrected chi connectivity index (χ4v) is 2.89. The van der Waals surface area contributed by atoms with Gasteiger partial charge >= 0.3 is 0 Å². The van der Waals surface area contributed by atoms with Crippen molar-refractivity contribution >= 4 is 0 Å². The second kappa shape index (κ2) is 5.25. The molecule has 0 fully saturated rings. The first-order valence-electron chi connectivity index (χ1n) is 7.06. The summed E-state index contributed by atoms with van der Waals surface area (Å²) in [5, 5.41) is 3.41. The molecule has 3 nitrogen and oxygen atoms in total. The molecule has 0 aliphatic carbocycles. The number of hydrogen-bond donors (Lipinski definition) is 1. The van der Waals surface area contributed by atoms with Gasteiger partial charge < -0.3 is 10.1 Å². The highest BCUT2D eigenvalue weighted by molar-refractivity contribution is 5.44. The molecule has 1 aromatic heterocycles. The second-order valence-electron chi connectivity index (χ2n) is 5.31. The summed E-state index contributed by atoms with van der Waals surface area (Å²) in [6.45, 7) is 4.90. The Balaban J connectivity index is 2.01. The lowest BCUT2D eigenvalue weighted by Gasteiger charge is -2.20. The van der Waals surface area contributed by atoms with Crippen molar-refractivity contribution in [1.29, 1.82) is 0 Å². The predicted molar refractivity (Wildman–Crippen MR) is 80.3 cm³/mol. The van der Waals surface area contributed by atoms with Gasteiger partial charge in [0.2, 0.25) is 0 Å². The Labute approximate surface area is 120 Å². The molecule has 3 heteroatoms. The van der Waals surface area contributed by atoms with Gasteiger partial charge in [-0.2, -0.15) is 0 Å². The second-order valence-corrected chi connectivity index (χ2v) is 5.31. The highest BCUT2D eigenvalue weighted by atomic mass is 16.5. The van der Waals surface area contributed by atoms with Gasteiger partial charge in [0, 0.05) is 17.8 Å². The van der Waals surface area contributed by atoms with Gasteiger partial charge in [0.1, 0.15) is 5.75 Å². The molecule has 0 amide bonds. The number of aryl methyl sites for hydroxylation is 2. The minimum Gasteiger partial charge on any atom is -0.493 e. The monoisotopic (exact) mass is 268 g/mol. The van der Waals surface area contributed by atoms with E-state index >= 15 is 0 Å². The molecule has 20 heavy (non-hydrogen) atoms. The Morgan fingerprint density at radius 1 is 1.20 bits per heavy atom. The van der Waals surface area contributed by atoms with Gasteiger partial charge in [-0.05, 0) is 49.7 Å². The third-order valence-corrected chi connectivity index (χ3v) is 3.91. The molecule has 1 aliphatic heterocycles. The van der Waals surface area contributed by atoms with E-state index in [9.17, 15) is 0 Å². The molecule has 104 valence electrons. The normalized spacial score (nSPS) is 14.8. The van der Waals surface area contributed by atoms with Gasteiger partial charge in [-0.1, -0.05) is 18.2 Å². The summed E-state index contributed by atoms with van der Waals surface area (Å²) in [6, 6.07) is 10.9. The van der Waals surface area contributed by atoms with Crippen molar-refractivity contribution in [3.05, 3.63) is 58.4 Å². The number of rotatable bonds is 3. The predicted octanol–water partition coefficient (Wildman–Crippen LogP) is 2.94. The molecule has 0 saturated heterocycles. The molecule has 0 bridgehead atoms. The summed E-state index contributed by atoms with van der Waals surface area (Å²) in [7, 11) is 1.99. The topological polar surface area (TPSA) is 34.1 Å². The van der Waals surface area contributed by atoms with E-state index in [1.165, 1.54) is 16.7 Å². The minimum atomic E-state index is 0.175. The lowest BCUT2D eigenvalue weighted by molar-refractivity contribution is 0.357.